The molecule has 1 aromatic carbocycles. The van der Waals surface area contributed by atoms with Gasteiger partial charge in [-0.25, -0.2) is 4.79 Å². The normalized spacial score (nSPS) is 11.6. The van der Waals surface area contributed by atoms with Gasteiger partial charge in [-0.15, -0.1) is 0 Å². The molecule has 0 saturated carbocycles. The Balaban J connectivity index is 3.08. The van der Waals surface area contributed by atoms with Crippen LogP contribution in [0.25, 0.3) is 6.08 Å². The topological polar surface area (TPSA) is 35.5 Å². The van der Waals surface area contributed by atoms with Gasteiger partial charge in [-0.2, -0.15) is 0 Å². The second-order valence-electron chi connectivity index (χ2n) is 5.06. The Bertz CT molecular complexity index is 453. The lowest BCUT2D eigenvalue weighted by atomic mass is 9.86. The van der Waals surface area contributed by atoms with E-state index < -0.39 is 0 Å². The van der Waals surface area contributed by atoms with Crippen molar-refractivity contribution < 1.29 is 14.3 Å². The molecule has 1 aromatic rings. The van der Waals surface area contributed by atoms with Crippen molar-refractivity contribution in [3.05, 3.63) is 35.4 Å². The smallest absolute Gasteiger partial charge is 0.330 e. The summed E-state index contributed by atoms with van der Waals surface area (Å²) < 4.78 is 9.90. The fourth-order valence-corrected chi connectivity index (χ4v) is 1.54. The second-order valence-corrected chi connectivity index (χ2v) is 5.06. The van der Waals surface area contributed by atoms with Crippen molar-refractivity contribution in [1.82, 2.24) is 0 Å². The van der Waals surface area contributed by atoms with Gasteiger partial charge in [-0.05, 0) is 23.1 Å². The number of carbonyl (C=O) groups is 1. The molecule has 0 N–H and O–H groups in total. The molecule has 0 spiro atoms. The van der Waals surface area contributed by atoms with Crippen molar-refractivity contribution >= 4 is 12.0 Å². The monoisotopic (exact) mass is 248 g/mol. The first-order chi connectivity index (χ1) is 8.38. The molecule has 0 aliphatic heterocycles. The molecule has 0 atom stereocenters. The van der Waals surface area contributed by atoms with E-state index in [0.717, 1.165) is 11.3 Å². The fraction of sp³-hybridized carbons (Fsp3) is 0.400. The highest BCUT2D eigenvalue weighted by Gasteiger charge is 2.15. The number of benzene rings is 1. The second kappa shape index (κ2) is 5.71. The highest BCUT2D eigenvalue weighted by Crippen LogP contribution is 2.29. The van der Waals surface area contributed by atoms with Crippen LogP contribution in [-0.4, -0.2) is 20.2 Å². The van der Waals surface area contributed by atoms with Gasteiger partial charge in [0.05, 0.1) is 14.2 Å². The summed E-state index contributed by atoms with van der Waals surface area (Å²) in [6.07, 6.45) is 3.08. The lowest BCUT2D eigenvalue weighted by Gasteiger charge is -2.20. The minimum atomic E-state index is -0.378. The van der Waals surface area contributed by atoms with Crippen molar-refractivity contribution in [3.8, 4) is 5.75 Å². The van der Waals surface area contributed by atoms with Crippen LogP contribution in [0.4, 0.5) is 0 Å². The summed E-state index contributed by atoms with van der Waals surface area (Å²) in [6.45, 7) is 6.43. The van der Waals surface area contributed by atoms with Gasteiger partial charge in [0.1, 0.15) is 5.75 Å². The molecular weight excluding hydrogens is 228 g/mol. The average molecular weight is 248 g/mol. The number of carbonyl (C=O) groups excluding carboxylic acids is 1. The third-order valence-corrected chi connectivity index (χ3v) is 2.70. The van der Waals surface area contributed by atoms with Gasteiger partial charge in [-0.3, -0.25) is 0 Å². The fourth-order valence-electron chi connectivity index (χ4n) is 1.54. The standard InChI is InChI=1S/C15H20O3/c1-15(2,3)12-8-6-11(13(10-12)17-4)7-9-14(16)18-5/h6-10H,1-5H3/b9-7+. The maximum atomic E-state index is 11.1. The number of rotatable bonds is 3. The molecule has 0 amide bonds. The molecule has 1 rings (SSSR count). The average Bonchev–Trinajstić information content (AvgIpc) is 2.34. The number of ether oxygens (including phenoxy) is 2. The summed E-state index contributed by atoms with van der Waals surface area (Å²) in [4.78, 5) is 11.1. The van der Waals surface area contributed by atoms with E-state index in [2.05, 4.69) is 25.5 Å². The molecule has 3 heteroatoms. The van der Waals surface area contributed by atoms with Crippen molar-refractivity contribution in [2.75, 3.05) is 14.2 Å². The maximum Gasteiger partial charge on any atom is 0.330 e. The molecule has 0 radical (unpaired) electrons. The Morgan fingerprint density at radius 2 is 1.89 bits per heavy atom. The molecule has 0 aromatic heterocycles. The molecule has 0 fully saturated rings. The van der Waals surface area contributed by atoms with Crippen molar-refractivity contribution in [1.29, 1.82) is 0 Å². The van der Waals surface area contributed by atoms with Crippen LogP contribution in [0, 0.1) is 0 Å². The Labute approximate surface area is 108 Å². The van der Waals surface area contributed by atoms with Gasteiger partial charge in [0, 0.05) is 11.6 Å². The van der Waals surface area contributed by atoms with E-state index in [-0.39, 0.29) is 11.4 Å². The number of hydrogen-bond donors (Lipinski definition) is 0. The third-order valence-electron chi connectivity index (χ3n) is 2.70. The summed E-state index contributed by atoms with van der Waals surface area (Å²) in [5.41, 5.74) is 2.11. The summed E-state index contributed by atoms with van der Waals surface area (Å²) in [5, 5.41) is 0. The molecule has 0 unspecified atom stereocenters. The zero-order valence-electron chi connectivity index (χ0n) is 11.6. The number of esters is 1. The molecule has 0 aliphatic carbocycles. The molecule has 0 bridgehead atoms. The molecule has 0 heterocycles. The highest BCUT2D eigenvalue weighted by molar-refractivity contribution is 5.87. The van der Waals surface area contributed by atoms with E-state index in [1.807, 2.05) is 18.2 Å². The number of hydrogen-bond acceptors (Lipinski definition) is 3. The molecule has 98 valence electrons. The predicted octanol–water partition coefficient (Wildman–Crippen LogP) is 3.18. The van der Waals surface area contributed by atoms with Gasteiger partial charge in [0.25, 0.3) is 0 Å². The van der Waals surface area contributed by atoms with E-state index in [9.17, 15) is 4.79 Å². The summed E-state index contributed by atoms with van der Waals surface area (Å²) in [7, 11) is 2.98. The Morgan fingerprint density at radius 1 is 1.22 bits per heavy atom. The Hall–Kier alpha value is -1.77. The molecule has 18 heavy (non-hydrogen) atoms. The highest BCUT2D eigenvalue weighted by atomic mass is 16.5. The van der Waals surface area contributed by atoms with E-state index in [0.29, 0.717) is 0 Å². The van der Waals surface area contributed by atoms with Gasteiger partial charge < -0.3 is 9.47 Å². The molecule has 0 aliphatic rings. The van der Waals surface area contributed by atoms with Crippen LogP contribution in [-0.2, 0) is 14.9 Å². The van der Waals surface area contributed by atoms with Gasteiger partial charge >= 0.3 is 5.97 Å². The quantitative estimate of drug-likeness (QED) is 0.609. The van der Waals surface area contributed by atoms with Crippen molar-refractivity contribution in [3.63, 3.8) is 0 Å². The molecule has 3 nitrogen and oxygen atoms in total. The first-order valence-corrected chi connectivity index (χ1v) is 5.83. The van der Waals surface area contributed by atoms with E-state index in [1.54, 1.807) is 13.2 Å². The number of methoxy groups -OCH3 is 2. The predicted molar refractivity (Wildman–Crippen MR) is 72.7 cm³/mol. The summed E-state index contributed by atoms with van der Waals surface area (Å²) in [6, 6.07) is 5.98. The van der Waals surface area contributed by atoms with E-state index >= 15 is 0 Å². The maximum absolute atomic E-state index is 11.1. The minimum absolute atomic E-state index is 0.0673. The lowest BCUT2D eigenvalue weighted by molar-refractivity contribution is -0.134. The van der Waals surface area contributed by atoms with Crippen molar-refractivity contribution in [2.24, 2.45) is 0 Å². The van der Waals surface area contributed by atoms with Crippen LogP contribution in [0.2, 0.25) is 0 Å². The minimum Gasteiger partial charge on any atom is -0.496 e. The lowest BCUT2D eigenvalue weighted by Crippen LogP contribution is -2.11. The van der Waals surface area contributed by atoms with Crippen LogP contribution >= 0.6 is 0 Å². The van der Waals surface area contributed by atoms with Crippen LogP contribution in [0.15, 0.2) is 24.3 Å². The van der Waals surface area contributed by atoms with Crippen LogP contribution in [0.1, 0.15) is 31.9 Å². The Kier molecular flexibility index (Phi) is 4.54. The van der Waals surface area contributed by atoms with Gasteiger partial charge in [0.2, 0.25) is 0 Å². The first kappa shape index (κ1) is 14.3. The largest absolute Gasteiger partial charge is 0.496 e. The van der Waals surface area contributed by atoms with Crippen LogP contribution in [0.5, 0.6) is 5.75 Å². The zero-order chi connectivity index (χ0) is 13.8. The molecule has 0 saturated heterocycles. The summed E-state index contributed by atoms with van der Waals surface area (Å²) in [5.74, 6) is 0.375. The van der Waals surface area contributed by atoms with Crippen molar-refractivity contribution in [2.45, 2.75) is 26.2 Å². The van der Waals surface area contributed by atoms with Crippen LogP contribution in [0.3, 0.4) is 0 Å². The Morgan fingerprint density at radius 3 is 2.39 bits per heavy atom. The third kappa shape index (κ3) is 3.62. The zero-order valence-corrected chi connectivity index (χ0v) is 11.6. The van der Waals surface area contributed by atoms with E-state index in [1.165, 1.54) is 18.7 Å². The van der Waals surface area contributed by atoms with Crippen LogP contribution < -0.4 is 4.74 Å². The molecular formula is C15H20O3. The van der Waals surface area contributed by atoms with Gasteiger partial charge in [0.15, 0.2) is 0 Å². The van der Waals surface area contributed by atoms with E-state index in [4.69, 9.17) is 4.74 Å². The SMILES string of the molecule is COC(=O)/C=C/c1ccc(C(C)(C)C)cc1OC. The van der Waals surface area contributed by atoms with Gasteiger partial charge in [-0.1, -0.05) is 32.9 Å². The summed E-state index contributed by atoms with van der Waals surface area (Å²) >= 11 is 0. The first-order valence-electron chi connectivity index (χ1n) is 5.83.